The van der Waals surface area contributed by atoms with Gasteiger partial charge in [-0.15, -0.1) is 0 Å². The van der Waals surface area contributed by atoms with Gasteiger partial charge in [-0.3, -0.25) is 0 Å². The first-order valence-corrected chi connectivity index (χ1v) is 4.08. The molecule has 3 unspecified atom stereocenters. The van der Waals surface area contributed by atoms with E-state index in [0.29, 0.717) is 0 Å². The van der Waals surface area contributed by atoms with Crippen molar-refractivity contribution in [1.82, 2.24) is 0 Å². The third-order valence-electron chi connectivity index (χ3n) is 2.42. The second kappa shape index (κ2) is 5.44. The summed E-state index contributed by atoms with van der Waals surface area (Å²) >= 11 is 0. The summed E-state index contributed by atoms with van der Waals surface area (Å²) in [6, 6.07) is 0. The van der Waals surface area contributed by atoms with E-state index >= 15 is 0 Å². The number of hydrogen-bond donors (Lipinski definition) is 0. The summed E-state index contributed by atoms with van der Waals surface area (Å²) < 4.78 is 0. The van der Waals surface area contributed by atoms with E-state index in [1.54, 1.807) is 6.92 Å². The van der Waals surface area contributed by atoms with Crippen molar-refractivity contribution >= 4 is 0 Å². The van der Waals surface area contributed by atoms with Crippen LogP contribution in [0.4, 0.5) is 0 Å². The maximum atomic E-state index is 4.07. The van der Waals surface area contributed by atoms with Crippen LogP contribution in [0.15, 0.2) is 12.2 Å². The molecule has 1 saturated carbocycles. The molecule has 0 aromatic rings. The standard InChI is InChI=1S/C8H11.C2H5.U/c1-6-4-7-2-3-8(6)5-7;1-2;/h2-3,6-8H,1,4-5H2;1H2,2H3;/q2*-1;+2. The molecule has 0 amide bonds. The average molecular weight is 374 g/mol. The summed E-state index contributed by atoms with van der Waals surface area (Å²) in [5.41, 5.74) is 0. The molecule has 60 valence electrons. The molecule has 1 fully saturated rings. The zero-order valence-electron chi connectivity index (χ0n) is 7.22. The molecule has 0 aromatic heterocycles. The normalized spacial score (nSPS) is 37.5. The average Bonchev–Trinajstić information content (AvgIpc) is 2.52. The third kappa shape index (κ3) is 2.64. The third-order valence-corrected chi connectivity index (χ3v) is 2.42. The van der Waals surface area contributed by atoms with Crippen LogP contribution in [0.5, 0.6) is 0 Å². The number of allylic oxidation sites excluding steroid dienone is 2. The van der Waals surface area contributed by atoms with Crippen molar-refractivity contribution in [2.75, 3.05) is 0 Å². The Labute approximate surface area is 94.2 Å². The van der Waals surface area contributed by atoms with E-state index in [2.05, 4.69) is 26.0 Å². The fourth-order valence-electron chi connectivity index (χ4n) is 1.89. The van der Waals surface area contributed by atoms with Gasteiger partial charge in [0.15, 0.2) is 0 Å². The van der Waals surface area contributed by atoms with Crippen LogP contribution in [0, 0.1) is 62.7 Å². The Morgan fingerprint density at radius 1 is 1.18 bits per heavy atom. The summed E-state index contributed by atoms with van der Waals surface area (Å²) in [6.07, 6.45) is 7.44. The van der Waals surface area contributed by atoms with Gasteiger partial charge in [-0.2, -0.15) is 12.8 Å². The Bertz CT molecular complexity index is 129. The van der Waals surface area contributed by atoms with E-state index in [9.17, 15) is 0 Å². The van der Waals surface area contributed by atoms with Crippen LogP contribution in [-0.4, -0.2) is 0 Å². The second-order valence-electron chi connectivity index (χ2n) is 3.04. The molecule has 2 bridgehead atoms. The maximum Gasteiger partial charge on any atom is 2.00 e. The predicted octanol–water partition coefficient (Wildman–Crippen LogP) is 2.87. The Hall–Kier alpha value is 0.792. The quantitative estimate of drug-likeness (QED) is 0.452. The molecule has 0 heterocycles. The van der Waals surface area contributed by atoms with Gasteiger partial charge in [0, 0.05) is 0 Å². The van der Waals surface area contributed by atoms with Gasteiger partial charge in [-0.25, -0.2) is 0 Å². The first kappa shape index (κ1) is 11.8. The Kier molecular flexibility index (Phi) is 5.83. The van der Waals surface area contributed by atoms with Gasteiger partial charge in [0.25, 0.3) is 0 Å². The van der Waals surface area contributed by atoms with Crippen LogP contribution < -0.4 is 0 Å². The van der Waals surface area contributed by atoms with Crippen LogP contribution >= 0.6 is 0 Å². The topological polar surface area (TPSA) is 0 Å². The van der Waals surface area contributed by atoms with Crippen molar-refractivity contribution in [1.29, 1.82) is 0 Å². The van der Waals surface area contributed by atoms with E-state index in [1.165, 1.54) is 12.8 Å². The second-order valence-corrected chi connectivity index (χ2v) is 3.04. The van der Waals surface area contributed by atoms with Gasteiger partial charge in [-0.1, -0.05) is 18.6 Å². The first-order chi connectivity index (χ1) is 4.86. The molecule has 0 aromatic carbocycles. The predicted molar refractivity (Wildman–Crippen MR) is 45.2 cm³/mol. The largest absolute Gasteiger partial charge is 2.00 e. The minimum atomic E-state index is 0. The molecular formula is C10H16U. The van der Waals surface area contributed by atoms with Gasteiger partial charge in [0.2, 0.25) is 0 Å². The molecule has 0 saturated heterocycles. The summed E-state index contributed by atoms with van der Waals surface area (Å²) in [4.78, 5) is 0. The van der Waals surface area contributed by atoms with E-state index < -0.39 is 0 Å². The molecule has 2 rings (SSSR count). The molecule has 3 atom stereocenters. The zero-order valence-corrected chi connectivity index (χ0v) is 11.4. The summed E-state index contributed by atoms with van der Waals surface area (Å²) in [5.74, 6) is 2.49. The molecule has 2 aliphatic rings. The van der Waals surface area contributed by atoms with Crippen molar-refractivity contribution in [3.8, 4) is 0 Å². The van der Waals surface area contributed by atoms with Crippen LogP contribution in [0.1, 0.15) is 19.8 Å². The molecule has 0 nitrogen and oxygen atoms in total. The first-order valence-electron chi connectivity index (χ1n) is 4.08. The summed E-state index contributed by atoms with van der Waals surface area (Å²) in [7, 11) is 0. The van der Waals surface area contributed by atoms with Gasteiger partial charge in [0.05, 0.1) is 0 Å². The zero-order chi connectivity index (χ0) is 7.56. The van der Waals surface area contributed by atoms with Crippen molar-refractivity contribution in [3.05, 3.63) is 26.0 Å². The van der Waals surface area contributed by atoms with Crippen molar-refractivity contribution in [3.63, 3.8) is 0 Å². The van der Waals surface area contributed by atoms with Gasteiger partial charge in [-0.05, 0) is 18.3 Å². The molecule has 2 aliphatic carbocycles. The Balaban J connectivity index is 0.000000311. The van der Waals surface area contributed by atoms with E-state index in [1.807, 2.05) is 0 Å². The van der Waals surface area contributed by atoms with Crippen molar-refractivity contribution in [2.45, 2.75) is 19.8 Å². The Morgan fingerprint density at radius 3 is 2.00 bits per heavy atom. The molecule has 1 heteroatoms. The fraction of sp³-hybridized carbons (Fsp3) is 0.600. The Morgan fingerprint density at radius 2 is 1.82 bits per heavy atom. The molecule has 0 N–H and O–H groups in total. The van der Waals surface area contributed by atoms with Crippen molar-refractivity contribution in [2.24, 2.45) is 17.8 Å². The molecular weight excluding hydrogens is 358 g/mol. The van der Waals surface area contributed by atoms with E-state index in [4.69, 9.17) is 0 Å². The van der Waals surface area contributed by atoms with Crippen LogP contribution in [0.3, 0.4) is 0 Å². The summed E-state index contributed by atoms with van der Waals surface area (Å²) in [5, 5.41) is 0. The number of rotatable bonds is 0. The van der Waals surface area contributed by atoms with Gasteiger partial charge < -0.3 is 13.8 Å². The van der Waals surface area contributed by atoms with Crippen LogP contribution in [0.25, 0.3) is 0 Å². The minimum absolute atomic E-state index is 0. The molecule has 0 aliphatic heterocycles. The van der Waals surface area contributed by atoms with Gasteiger partial charge >= 0.3 is 31.1 Å². The van der Waals surface area contributed by atoms with Gasteiger partial charge in [0.1, 0.15) is 0 Å². The molecule has 0 spiro atoms. The van der Waals surface area contributed by atoms with Crippen LogP contribution in [0.2, 0.25) is 0 Å². The van der Waals surface area contributed by atoms with Crippen LogP contribution in [-0.2, 0) is 0 Å². The SMILES string of the molecule is [CH2-]C.[CH2-]C1CC2C=CC1C2.[U+2]. The van der Waals surface area contributed by atoms with E-state index in [-0.39, 0.29) is 31.1 Å². The molecule has 11 heavy (non-hydrogen) atoms. The fourth-order valence-corrected chi connectivity index (χ4v) is 1.89. The monoisotopic (exact) mass is 374 g/mol. The number of fused-ring (bicyclic) bond motifs is 2. The maximum absolute atomic E-state index is 4.07. The smallest absolute Gasteiger partial charge is 0.346 e. The van der Waals surface area contributed by atoms with Crippen molar-refractivity contribution < 1.29 is 31.1 Å². The summed E-state index contributed by atoms with van der Waals surface area (Å²) in [6.45, 7) is 9.07. The number of hydrogen-bond acceptors (Lipinski definition) is 0. The molecule has 0 radical (unpaired) electrons. The van der Waals surface area contributed by atoms with E-state index in [0.717, 1.165) is 17.8 Å². The minimum Gasteiger partial charge on any atom is -0.346 e.